The van der Waals surface area contributed by atoms with Crippen LogP contribution < -0.4 is 5.32 Å². The smallest absolute Gasteiger partial charge is 0.319 e. The van der Waals surface area contributed by atoms with Crippen LogP contribution in [0.3, 0.4) is 0 Å². The lowest BCUT2D eigenvalue weighted by Gasteiger charge is -2.05. The third kappa shape index (κ3) is 6.32. The average Bonchev–Trinajstić information content (AvgIpc) is 2.30. The van der Waals surface area contributed by atoms with E-state index in [9.17, 15) is 9.59 Å². The summed E-state index contributed by atoms with van der Waals surface area (Å²) >= 11 is 0. The minimum absolute atomic E-state index is 0.0823. The van der Waals surface area contributed by atoms with E-state index in [2.05, 4.69) is 5.32 Å². The molecule has 5 heteroatoms. The summed E-state index contributed by atoms with van der Waals surface area (Å²) in [6, 6.07) is 9.68. The SMILES string of the molecule is O=C(O)CNCC(=O)OCCc1ccccc1. The Morgan fingerprint density at radius 1 is 1.18 bits per heavy atom. The summed E-state index contributed by atoms with van der Waals surface area (Å²) in [4.78, 5) is 21.3. The first-order chi connectivity index (χ1) is 8.18. The van der Waals surface area contributed by atoms with Crippen LogP contribution in [0.25, 0.3) is 0 Å². The summed E-state index contributed by atoms with van der Waals surface area (Å²) in [7, 11) is 0. The Morgan fingerprint density at radius 3 is 2.53 bits per heavy atom. The molecule has 0 aromatic heterocycles. The predicted octanol–water partition coefficient (Wildman–Crippen LogP) is 0.446. The molecule has 0 aliphatic heterocycles. The summed E-state index contributed by atoms with van der Waals surface area (Å²) in [5, 5.41) is 10.8. The van der Waals surface area contributed by atoms with Gasteiger partial charge in [-0.2, -0.15) is 0 Å². The van der Waals surface area contributed by atoms with Crippen molar-refractivity contribution in [1.82, 2.24) is 5.32 Å². The minimum Gasteiger partial charge on any atom is -0.480 e. The van der Waals surface area contributed by atoms with Crippen molar-refractivity contribution in [3.63, 3.8) is 0 Å². The van der Waals surface area contributed by atoms with Crippen LogP contribution in [-0.2, 0) is 20.7 Å². The van der Waals surface area contributed by atoms with E-state index in [-0.39, 0.29) is 13.1 Å². The Labute approximate surface area is 99.4 Å². The highest BCUT2D eigenvalue weighted by molar-refractivity contribution is 5.73. The number of carboxylic acid groups (broad SMARTS) is 1. The van der Waals surface area contributed by atoms with Crippen molar-refractivity contribution in [2.75, 3.05) is 19.7 Å². The van der Waals surface area contributed by atoms with E-state index in [0.717, 1.165) is 5.56 Å². The molecule has 0 bridgehead atoms. The van der Waals surface area contributed by atoms with Crippen LogP contribution in [0.2, 0.25) is 0 Å². The molecule has 0 heterocycles. The monoisotopic (exact) mass is 237 g/mol. The molecule has 5 nitrogen and oxygen atoms in total. The zero-order chi connectivity index (χ0) is 12.5. The molecule has 1 aromatic carbocycles. The van der Waals surface area contributed by atoms with Gasteiger partial charge in [0.25, 0.3) is 0 Å². The number of carbonyl (C=O) groups excluding carboxylic acids is 1. The Kier molecular flexibility index (Phi) is 5.74. The number of esters is 1. The highest BCUT2D eigenvalue weighted by atomic mass is 16.5. The van der Waals surface area contributed by atoms with Gasteiger partial charge in [-0.25, -0.2) is 0 Å². The van der Waals surface area contributed by atoms with Crippen LogP contribution in [0.1, 0.15) is 5.56 Å². The lowest BCUT2D eigenvalue weighted by atomic mass is 10.2. The lowest BCUT2D eigenvalue weighted by Crippen LogP contribution is -2.29. The highest BCUT2D eigenvalue weighted by Gasteiger charge is 2.03. The number of nitrogens with one attached hydrogen (secondary N) is 1. The van der Waals surface area contributed by atoms with Crippen LogP contribution in [0.15, 0.2) is 30.3 Å². The van der Waals surface area contributed by atoms with Crippen LogP contribution in [0, 0.1) is 0 Å². The van der Waals surface area contributed by atoms with Crippen LogP contribution in [0.5, 0.6) is 0 Å². The number of ether oxygens (including phenoxy) is 1. The van der Waals surface area contributed by atoms with Crippen molar-refractivity contribution in [3.05, 3.63) is 35.9 Å². The maximum atomic E-state index is 11.1. The van der Waals surface area contributed by atoms with Gasteiger partial charge in [0.1, 0.15) is 0 Å². The molecule has 92 valence electrons. The van der Waals surface area contributed by atoms with Gasteiger partial charge >= 0.3 is 11.9 Å². The van der Waals surface area contributed by atoms with Crippen LogP contribution >= 0.6 is 0 Å². The average molecular weight is 237 g/mol. The molecule has 1 rings (SSSR count). The summed E-state index contributed by atoms with van der Waals surface area (Å²) in [5.74, 6) is -1.44. The number of hydrogen-bond donors (Lipinski definition) is 2. The van der Waals surface area contributed by atoms with Gasteiger partial charge < -0.3 is 9.84 Å². The number of benzene rings is 1. The Morgan fingerprint density at radius 2 is 1.88 bits per heavy atom. The fourth-order valence-corrected chi connectivity index (χ4v) is 1.25. The van der Waals surface area contributed by atoms with Gasteiger partial charge in [-0.3, -0.25) is 14.9 Å². The molecule has 0 atom stereocenters. The largest absolute Gasteiger partial charge is 0.480 e. The molecule has 0 fully saturated rings. The number of rotatable bonds is 7. The first kappa shape index (κ1) is 13.2. The molecular formula is C12H15NO4. The second-order valence-corrected chi connectivity index (χ2v) is 3.45. The second kappa shape index (κ2) is 7.40. The normalized spacial score (nSPS) is 9.88. The van der Waals surface area contributed by atoms with Gasteiger partial charge in [0.05, 0.1) is 19.7 Å². The molecule has 0 unspecified atom stereocenters. The molecule has 1 aromatic rings. The summed E-state index contributed by atoms with van der Waals surface area (Å²) in [5.41, 5.74) is 1.10. The highest BCUT2D eigenvalue weighted by Crippen LogP contribution is 1.99. The molecule has 0 saturated carbocycles. The molecule has 0 aliphatic rings. The van der Waals surface area contributed by atoms with Crippen molar-refractivity contribution < 1.29 is 19.4 Å². The van der Waals surface area contributed by atoms with Gasteiger partial charge in [-0.1, -0.05) is 30.3 Å². The van der Waals surface area contributed by atoms with Gasteiger partial charge in [-0.15, -0.1) is 0 Å². The van der Waals surface area contributed by atoms with E-state index < -0.39 is 11.9 Å². The molecule has 17 heavy (non-hydrogen) atoms. The molecule has 0 saturated heterocycles. The van der Waals surface area contributed by atoms with E-state index in [4.69, 9.17) is 9.84 Å². The second-order valence-electron chi connectivity index (χ2n) is 3.45. The number of carbonyl (C=O) groups is 2. The molecule has 0 spiro atoms. The lowest BCUT2D eigenvalue weighted by molar-refractivity contribution is -0.142. The Bertz CT molecular complexity index is 364. The summed E-state index contributed by atoms with van der Waals surface area (Å²) in [6.45, 7) is -0.0214. The molecule has 0 radical (unpaired) electrons. The zero-order valence-electron chi connectivity index (χ0n) is 9.39. The third-order valence-electron chi connectivity index (χ3n) is 2.04. The molecule has 0 amide bonds. The summed E-state index contributed by atoms with van der Waals surface area (Å²) < 4.78 is 4.93. The van der Waals surface area contributed by atoms with Crippen LogP contribution in [0.4, 0.5) is 0 Å². The fourth-order valence-electron chi connectivity index (χ4n) is 1.25. The van der Waals surface area contributed by atoms with Gasteiger partial charge in [0, 0.05) is 6.42 Å². The standard InChI is InChI=1S/C12H15NO4/c14-11(15)8-13-9-12(16)17-7-6-10-4-2-1-3-5-10/h1-5,13H,6-9H2,(H,14,15). The van der Waals surface area contributed by atoms with Crippen molar-refractivity contribution in [1.29, 1.82) is 0 Å². The predicted molar refractivity (Wildman–Crippen MR) is 61.6 cm³/mol. The first-order valence-electron chi connectivity index (χ1n) is 5.30. The fraction of sp³-hybridized carbons (Fsp3) is 0.333. The summed E-state index contributed by atoms with van der Waals surface area (Å²) in [6.07, 6.45) is 0.658. The maximum absolute atomic E-state index is 11.1. The molecule has 0 aliphatic carbocycles. The topological polar surface area (TPSA) is 75.6 Å². The van der Waals surface area contributed by atoms with E-state index in [1.807, 2.05) is 30.3 Å². The van der Waals surface area contributed by atoms with Crippen molar-refractivity contribution in [2.24, 2.45) is 0 Å². The van der Waals surface area contributed by atoms with E-state index in [1.165, 1.54) is 0 Å². The Hall–Kier alpha value is -1.88. The number of aliphatic carboxylic acids is 1. The minimum atomic E-state index is -0.998. The first-order valence-corrected chi connectivity index (χ1v) is 5.30. The van der Waals surface area contributed by atoms with Gasteiger partial charge in [0.2, 0.25) is 0 Å². The van der Waals surface area contributed by atoms with E-state index in [1.54, 1.807) is 0 Å². The number of hydrogen-bond acceptors (Lipinski definition) is 4. The molecular weight excluding hydrogens is 222 g/mol. The van der Waals surface area contributed by atoms with Crippen LogP contribution in [-0.4, -0.2) is 36.7 Å². The quantitative estimate of drug-likeness (QED) is 0.673. The maximum Gasteiger partial charge on any atom is 0.319 e. The van der Waals surface area contributed by atoms with Crippen molar-refractivity contribution in [2.45, 2.75) is 6.42 Å². The number of carboxylic acids is 1. The van der Waals surface area contributed by atoms with Crippen molar-refractivity contribution >= 4 is 11.9 Å². The third-order valence-corrected chi connectivity index (χ3v) is 2.04. The van der Waals surface area contributed by atoms with Gasteiger partial charge in [-0.05, 0) is 5.56 Å². The zero-order valence-corrected chi connectivity index (χ0v) is 9.39. The molecule has 2 N–H and O–H groups in total. The Balaban J connectivity index is 2.10. The van der Waals surface area contributed by atoms with E-state index >= 15 is 0 Å². The van der Waals surface area contributed by atoms with Crippen molar-refractivity contribution in [3.8, 4) is 0 Å². The van der Waals surface area contributed by atoms with Gasteiger partial charge in [0.15, 0.2) is 0 Å². The van der Waals surface area contributed by atoms with E-state index in [0.29, 0.717) is 13.0 Å².